The summed E-state index contributed by atoms with van der Waals surface area (Å²) in [5.41, 5.74) is 4.50. The number of nitrogens with two attached hydrogens (primary N) is 1. The zero-order valence-electron chi connectivity index (χ0n) is 20.7. The third-order valence-corrected chi connectivity index (χ3v) is 5.18. The predicted octanol–water partition coefficient (Wildman–Crippen LogP) is 5.60. The first-order chi connectivity index (χ1) is 15.7. The van der Waals surface area contributed by atoms with Crippen molar-refractivity contribution in [2.24, 2.45) is 5.73 Å². The van der Waals surface area contributed by atoms with Crippen molar-refractivity contribution in [3.8, 4) is 0 Å². The molecule has 7 heteroatoms. The van der Waals surface area contributed by atoms with Crippen LogP contribution in [0, 0.1) is 0 Å². The van der Waals surface area contributed by atoms with Gasteiger partial charge >= 0.3 is 5.97 Å². The number of unbranched alkanes of at least 4 members (excludes halogenated alkanes) is 14. The second-order valence-electron chi connectivity index (χ2n) is 7.71. The first kappa shape index (κ1) is 32.3. The molecule has 2 N–H and O–H groups in total. The Hall–Kier alpha value is -1.89. The Morgan fingerprint density at radius 2 is 1.19 bits per heavy atom. The van der Waals surface area contributed by atoms with Gasteiger partial charge in [0.25, 0.3) is 6.47 Å². The molecular formula is C25H47NO6. The van der Waals surface area contributed by atoms with Gasteiger partial charge in [-0.1, -0.05) is 77.0 Å². The van der Waals surface area contributed by atoms with E-state index in [-0.39, 0.29) is 12.6 Å². The molecule has 0 heterocycles. The third-order valence-electron chi connectivity index (χ3n) is 5.18. The van der Waals surface area contributed by atoms with Crippen molar-refractivity contribution in [2.75, 3.05) is 20.8 Å². The maximum absolute atomic E-state index is 11.8. The van der Waals surface area contributed by atoms with E-state index in [1.165, 1.54) is 78.4 Å². The lowest BCUT2D eigenvalue weighted by Crippen LogP contribution is -2.10. The molecule has 0 fully saturated rings. The van der Waals surface area contributed by atoms with Gasteiger partial charge in [-0.3, -0.25) is 9.59 Å². The topological polar surface area (TPSA) is 105 Å². The number of ether oxygens (including phenoxy) is 3. The summed E-state index contributed by atoms with van der Waals surface area (Å²) in [5.74, 6) is 0.378. The molecule has 188 valence electrons. The standard InChI is InChI=1S/C24H42O6.CH5N/c1-22(30-21-26)23(28-2)20-29-24(27)18-16-14-12-10-8-6-4-3-5-7-9-11-13-15-17-19-25;1-2/h19,21H,3-18,20H2,1-2H3;2H2,1H3/b23-22-;. The Kier molecular flexibility index (Phi) is 27.4. The normalized spacial score (nSPS) is 11.0. The van der Waals surface area contributed by atoms with Crippen molar-refractivity contribution in [1.29, 1.82) is 0 Å². The minimum Gasteiger partial charge on any atom is -0.494 e. The Morgan fingerprint density at radius 3 is 1.59 bits per heavy atom. The van der Waals surface area contributed by atoms with Gasteiger partial charge in [-0.25, -0.2) is 0 Å². The van der Waals surface area contributed by atoms with Crippen molar-refractivity contribution in [1.82, 2.24) is 0 Å². The molecule has 0 aliphatic heterocycles. The van der Waals surface area contributed by atoms with Crippen LogP contribution in [-0.2, 0) is 28.6 Å². The molecule has 0 aromatic heterocycles. The zero-order valence-corrected chi connectivity index (χ0v) is 20.7. The Bertz CT molecular complexity index is 479. The van der Waals surface area contributed by atoms with Crippen LogP contribution in [0.15, 0.2) is 11.5 Å². The number of carbonyl (C=O) groups is 3. The fourth-order valence-corrected chi connectivity index (χ4v) is 3.28. The molecule has 0 saturated carbocycles. The van der Waals surface area contributed by atoms with Crippen LogP contribution < -0.4 is 5.73 Å². The number of allylic oxidation sites excluding steroid dienone is 1. The van der Waals surface area contributed by atoms with E-state index in [1.54, 1.807) is 6.92 Å². The van der Waals surface area contributed by atoms with Crippen molar-refractivity contribution in [3.05, 3.63) is 11.5 Å². The van der Waals surface area contributed by atoms with Gasteiger partial charge in [0.1, 0.15) is 12.0 Å². The molecule has 0 amide bonds. The van der Waals surface area contributed by atoms with Gasteiger partial charge in [-0.05, 0) is 26.8 Å². The summed E-state index contributed by atoms with van der Waals surface area (Å²) in [4.78, 5) is 32.3. The third kappa shape index (κ3) is 22.8. The lowest BCUT2D eigenvalue weighted by Gasteiger charge is -2.10. The molecule has 0 radical (unpaired) electrons. The van der Waals surface area contributed by atoms with E-state index in [0.717, 1.165) is 38.4 Å². The molecule has 0 aromatic carbocycles. The van der Waals surface area contributed by atoms with E-state index in [4.69, 9.17) is 14.2 Å². The number of hydrogen-bond acceptors (Lipinski definition) is 7. The van der Waals surface area contributed by atoms with Crippen LogP contribution in [0.4, 0.5) is 0 Å². The highest BCUT2D eigenvalue weighted by molar-refractivity contribution is 5.69. The highest BCUT2D eigenvalue weighted by Gasteiger charge is 2.09. The van der Waals surface area contributed by atoms with Crippen LogP contribution >= 0.6 is 0 Å². The molecule has 0 spiro atoms. The van der Waals surface area contributed by atoms with Gasteiger partial charge in [0.15, 0.2) is 12.4 Å². The molecule has 0 rings (SSSR count). The van der Waals surface area contributed by atoms with Crippen LogP contribution in [0.3, 0.4) is 0 Å². The highest BCUT2D eigenvalue weighted by Crippen LogP contribution is 2.14. The second-order valence-corrected chi connectivity index (χ2v) is 7.71. The molecule has 7 nitrogen and oxygen atoms in total. The van der Waals surface area contributed by atoms with E-state index in [1.807, 2.05) is 0 Å². The van der Waals surface area contributed by atoms with Crippen LogP contribution in [0.1, 0.15) is 110 Å². The van der Waals surface area contributed by atoms with Crippen molar-refractivity contribution in [2.45, 2.75) is 110 Å². The summed E-state index contributed by atoms with van der Waals surface area (Å²) in [5, 5.41) is 0. The molecule has 0 atom stereocenters. The van der Waals surface area contributed by atoms with Crippen LogP contribution in [0.25, 0.3) is 0 Å². The number of aldehydes is 1. The molecule has 0 unspecified atom stereocenters. The summed E-state index contributed by atoms with van der Waals surface area (Å²) in [7, 11) is 2.95. The summed E-state index contributed by atoms with van der Waals surface area (Å²) in [6.07, 6.45) is 19.1. The smallest absolute Gasteiger partial charge is 0.306 e. The van der Waals surface area contributed by atoms with Gasteiger partial charge in [0.2, 0.25) is 0 Å². The lowest BCUT2D eigenvalue weighted by atomic mass is 10.0. The van der Waals surface area contributed by atoms with Gasteiger partial charge < -0.3 is 24.7 Å². The summed E-state index contributed by atoms with van der Waals surface area (Å²) < 4.78 is 14.9. The van der Waals surface area contributed by atoms with Gasteiger partial charge in [-0.2, -0.15) is 0 Å². The fourth-order valence-electron chi connectivity index (χ4n) is 3.28. The number of rotatable bonds is 22. The van der Waals surface area contributed by atoms with Gasteiger partial charge in [0, 0.05) is 12.8 Å². The quantitative estimate of drug-likeness (QED) is 0.0976. The summed E-state index contributed by atoms with van der Waals surface area (Å²) >= 11 is 0. The highest BCUT2D eigenvalue weighted by atomic mass is 16.6. The Morgan fingerprint density at radius 1 is 0.750 bits per heavy atom. The maximum Gasteiger partial charge on any atom is 0.306 e. The number of hydrogen-bond donors (Lipinski definition) is 1. The summed E-state index contributed by atoms with van der Waals surface area (Å²) in [6.45, 7) is 1.88. The van der Waals surface area contributed by atoms with Crippen LogP contribution in [-0.4, -0.2) is 39.5 Å². The Balaban J connectivity index is 0. The molecule has 32 heavy (non-hydrogen) atoms. The first-order valence-corrected chi connectivity index (χ1v) is 12.2. The van der Waals surface area contributed by atoms with Crippen molar-refractivity contribution >= 4 is 18.7 Å². The predicted molar refractivity (Wildman–Crippen MR) is 128 cm³/mol. The monoisotopic (exact) mass is 457 g/mol. The molecular weight excluding hydrogens is 410 g/mol. The number of methoxy groups -OCH3 is 1. The lowest BCUT2D eigenvalue weighted by molar-refractivity contribution is -0.143. The number of carbonyl (C=O) groups excluding carboxylic acids is 3. The summed E-state index contributed by atoms with van der Waals surface area (Å²) in [6, 6.07) is 0. The van der Waals surface area contributed by atoms with Crippen molar-refractivity contribution in [3.63, 3.8) is 0 Å². The average molecular weight is 458 g/mol. The van der Waals surface area contributed by atoms with Gasteiger partial charge in [0.05, 0.1) is 7.11 Å². The molecule has 0 aromatic rings. The SMILES string of the molecule is CN.CO/C(COC(=O)CCCCCCCCCCCCCCCCC=O)=C(/C)OC=O. The van der Waals surface area contributed by atoms with Crippen LogP contribution in [0.2, 0.25) is 0 Å². The molecule has 0 aliphatic rings. The minimum atomic E-state index is -0.257. The fraction of sp³-hybridized carbons (Fsp3) is 0.800. The second kappa shape index (κ2) is 27.1. The molecule has 0 aliphatic carbocycles. The molecule has 0 bridgehead atoms. The minimum absolute atomic E-state index is 0.0187. The van der Waals surface area contributed by atoms with Crippen molar-refractivity contribution < 1.29 is 28.6 Å². The maximum atomic E-state index is 11.8. The largest absolute Gasteiger partial charge is 0.494 e. The zero-order chi connectivity index (χ0) is 24.3. The van der Waals surface area contributed by atoms with Gasteiger partial charge in [-0.15, -0.1) is 0 Å². The van der Waals surface area contributed by atoms with E-state index < -0.39 is 0 Å². The average Bonchev–Trinajstić information content (AvgIpc) is 2.80. The van der Waals surface area contributed by atoms with Crippen LogP contribution in [0.5, 0.6) is 0 Å². The Labute approximate surface area is 195 Å². The molecule has 0 saturated heterocycles. The first-order valence-electron chi connectivity index (χ1n) is 12.2. The number of esters is 1. The van der Waals surface area contributed by atoms with E-state index in [0.29, 0.717) is 24.4 Å². The van der Waals surface area contributed by atoms with E-state index in [2.05, 4.69) is 5.73 Å². The van der Waals surface area contributed by atoms with E-state index in [9.17, 15) is 14.4 Å². The van der Waals surface area contributed by atoms with E-state index >= 15 is 0 Å².